The molecule has 0 saturated carbocycles. The molecule has 3 aromatic heterocycles. The van der Waals surface area contributed by atoms with Gasteiger partial charge < -0.3 is 9.64 Å². The maximum Gasteiger partial charge on any atom is 0.316 e. The fourth-order valence-corrected chi connectivity index (χ4v) is 6.50. The van der Waals surface area contributed by atoms with Crippen LogP contribution >= 0.6 is 23.1 Å². The van der Waals surface area contributed by atoms with Gasteiger partial charge in [0.25, 0.3) is 5.56 Å². The van der Waals surface area contributed by atoms with E-state index in [0.717, 1.165) is 60.2 Å². The van der Waals surface area contributed by atoms with Crippen LogP contribution < -0.4 is 5.56 Å². The molecule has 0 fully saturated rings. The summed E-state index contributed by atoms with van der Waals surface area (Å²) in [6, 6.07) is 9.52. The van der Waals surface area contributed by atoms with Crippen LogP contribution in [0.4, 0.5) is 0 Å². The van der Waals surface area contributed by atoms with Crippen LogP contribution in [-0.4, -0.2) is 56.0 Å². The Morgan fingerprint density at radius 2 is 2.03 bits per heavy atom. The number of benzene rings is 1. The molecule has 0 saturated heterocycles. The molecule has 0 spiro atoms. The van der Waals surface area contributed by atoms with E-state index < -0.39 is 0 Å². The molecule has 0 amide bonds. The van der Waals surface area contributed by atoms with Crippen LogP contribution in [0.2, 0.25) is 0 Å². The lowest BCUT2D eigenvalue weighted by molar-refractivity contribution is -0.140. The van der Waals surface area contributed by atoms with Crippen LogP contribution in [0.15, 0.2) is 40.3 Å². The second kappa shape index (κ2) is 9.89. The van der Waals surface area contributed by atoms with Gasteiger partial charge in [0.15, 0.2) is 5.16 Å². The van der Waals surface area contributed by atoms with Gasteiger partial charge in [-0.15, -0.1) is 21.5 Å². The molecule has 0 bridgehead atoms. The number of unbranched alkanes of at least 4 members (excludes halogenated alkanes) is 2. The molecular weight excluding hydrogens is 470 g/mol. The standard InChI is InChI=1S/C24H27N5O3S2/c1-3-4-8-13-32-19(30)15-33-24-26-25-23-28(16-9-6-5-7-10-16)21(31)20-17-11-12-27(2)14-18(17)34-22(20)29(23)24/h5-7,9-10H,3-4,8,11-15H2,1-2H3. The molecule has 1 aliphatic heterocycles. The lowest BCUT2D eigenvalue weighted by atomic mass is 10.1. The molecular formula is C24H27N5O3S2. The highest BCUT2D eigenvalue weighted by atomic mass is 32.2. The Hall–Kier alpha value is -2.69. The molecule has 1 aromatic carbocycles. The van der Waals surface area contributed by atoms with Gasteiger partial charge in [-0.05, 0) is 37.6 Å². The van der Waals surface area contributed by atoms with Gasteiger partial charge in [0, 0.05) is 18.0 Å². The zero-order valence-corrected chi connectivity index (χ0v) is 21.0. The number of fused-ring (bicyclic) bond motifs is 5. The zero-order valence-electron chi connectivity index (χ0n) is 19.3. The van der Waals surface area contributed by atoms with E-state index in [1.54, 1.807) is 15.9 Å². The summed E-state index contributed by atoms with van der Waals surface area (Å²) in [7, 11) is 2.09. The van der Waals surface area contributed by atoms with Crippen molar-refractivity contribution in [1.82, 2.24) is 24.1 Å². The summed E-state index contributed by atoms with van der Waals surface area (Å²) in [5.74, 6) is 0.333. The summed E-state index contributed by atoms with van der Waals surface area (Å²) >= 11 is 2.92. The first-order valence-corrected chi connectivity index (χ1v) is 13.4. The minimum atomic E-state index is -0.266. The molecule has 0 unspecified atom stereocenters. The first-order chi connectivity index (χ1) is 16.6. The molecule has 0 N–H and O–H groups in total. The molecule has 4 heterocycles. The minimum Gasteiger partial charge on any atom is -0.465 e. The zero-order chi connectivity index (χ0) is 23.7. The maximum absolute atomic E-state index is 13.8. The minimum absolute atomic E-state index is 0.0740. The van der Waals surface area contributed by atoms with Gasteiger partial charge in [0.05, 0.1) is 23.4 Å². The Labute approximate surface area is 205 Å². The number of esters is 1. The number of aromatic nitrogens is 4. The van der Waals surface area contributed by atoms with Crippen LogP contribution in [0.1, 0.15) is 36.6 Å². The van der Waals surface area contributed by atoms with E-state index >= 15 is 0 Å². The number of ether oxygens (including phenoxy) is 1. The number of carbonyl (C=O) groups is 1. The number of nitrogens with zero attached hydrogens (tertiary/aromatic N) is 5. The maximum atomic E-state index is 13.8. The Morgan fingerprint density at radius 1 is 1.21 bits per heavy atom. The van der Waals surface area contributed by atoms with Crippen molar-refractivity contribution in [1.29, 1.82) is 0 Å². The van der Waals surface area contributed by atoms with Crippen LogP contribution in [0.5, 0.6) is 0 Å². The number of para-hydroxylation sites is 1. The van der Waals surface area contributed by atoms with Gasteiger partial charge in [0.1, 0.15) is 4.83 Å². The number of carbonyl (C=O) groups excluding carboxylic acids is 1. The molecule has 34 heavy (non-hydrogen) atoms. The van der Waals surface area contributed by atoms with Crippen molar-refractivity contribution in [2.24, 2.45) is 0 Å². The molecule has 0 radical (unpaired) electrons. The van der Waals surface area contributed by atoms with Crippen molar-refractivity contribution in [3.05, 3.63) is 51.1 Å². The average molecular weight is 498 g/mol. The topological polar surface area (TPSA) is 81.7 Å². The lowest BCUT2D eigenvalue weighted by Crippen LogP contribution is -2.27. The first-order valence-electron chi connectivity index (χ1n) is 11.5. The van der Waals surface area contributed by atoms with E-state index in [1.165, 1.54) is 16.6 Å². The summed E-state index contributed by atoms with van der Waals surface area (Å²) in [6.07, 6.45) is 3.83. The Morgan fingerprint density at radius 3 is 2.82 bits per heavy atom. The molecule has 5 rings (SSSR count). The number of hydrogen-bond donors (Lipinski definition) is 0. The number of likely N-dealkylation sites (N-methyl/N-ethyl adjacent to an activating group) is 1. The summed E-state index contributed by atoms with van der Waals surface area (Å²) in [4.78, 5) is 30.4. The van der Waals surface area contributed by atoms with E-state index in [2.05, 4.69) is 29.1 Å². The summed E-state index contributed by atoms with van der Waals surface area (Å²) in [6.45, 7) is 4.28. The highest BCUT2D eigenvalue weighted by Crippen LogP contribution is 2.35. The molecule has 0 aliphatic carbocycles. The molecule has 8 nitrogen and oxygen atoms in total. The van der Waals surface area contributed by atoms with Gasteiger partial charge >= 0.3 is 5.97 Å². The molecule has 0 atom stereocenters. The first kappa shape index (κ1) is 23.1. The number of thiophene rings is 1. The Kier molecular flexibility index (Phi) is 6.71. The van der Waals surface area contributed by atoms with Crippen molar-refractivity contribution in [3.63, 3.8) is 0 Å². The normalized spacial score (nSPS) is 14.1. The molecule has 1 aliphatic rings. The van der Waals surface area contributed by atoms with E-state index in [-0.39, 0.29) is 17.3 Å². The van der Waals surface area contributed by atoms with Crippen LogP contribution in [0.25, 0.3) is 21.7 Å². The summed E-state index contributed by atoms with van der Waals surface area (Å²) in [5.41, 5.74) is 1.79. The largest absolute Gasteiger partial charge is 0.465 e. The quantitative estimate of drug-likeness (QED) is 0.207. The molecule has 10 heteroatoms. The average Bonchev–Trinajstić information content (AvgIpc) is 3.42. The van der Waals surface area contributed by atoms with Crippen molar-refractivity contribution in [2.75, 3.05) is 26.0 Å². The van der Waals surface area contributed by atoms with E-state index in [0.29, 0.717) is 17.5 Å². The van der Waals surface area contributed by atoms with Gasteiger partial charge in [-0.25, -0.2) is 8.97 Å². The van der Waals surface area contributed by atoms with Crippen molar-refractivity contribution >= 4 is 45.1 Å². The third-order valence-electron chi connectivity index (χ3n) is 6.01. The predicted molar refractivity (Wildman–Crippen MR) is 135 cm³/mol. The number of hydrogen-bond acceptors (Lipinski definition) is 8. The third kappa shape index (κ3) is 4.25. The van der Waals surface area contributed by atoms with Crippen LogP contribution in [-0.2, 0) is 22.5 Å². The van der Waals surface area contributed by atoms with Crippen molar-refractivity contribution < 1.29 is 9.53 Å². The highest BCUT2D eigenvalue weighted by Gasteiger charge is 2.27. The van der Waals surface area contributed by atoms with Gasteiger partial charge in [-0.1, -0.05) is 49.7 Å². The second-order valence-electron chi connectivity index (χ2n) is 8.48. The van der Waals surface area contributed by atoms with Gasteiger partial charge in [0.2, 0.25) is 5.78 Å². The van der Waals surface area contributed by atoms with Crippen LogP contribution in [0, 0.1) is 0 Å². The monoisotopic (exact) mass is 497 g/mol. The van der Waals surface area contributed by atoms with Gasteiger partial charge in [-0.2, -0.15) is 0 Å². The highest BCUT2D eigenvalue weighted by molar-refractivity contribution is 7.99. The number of rotatable bonds is 8. The molecule has 4 aromatic rings. The third-order valence-corrected chi connectivity index (χ3v) is 8.11. The molecule has 178 valence electrons. The van der Waals surface area contributed by atoms with E-state index in [1.807, 2.05) is 34.7 Å². The fraction of sp³-hybridized carbons (Fsp3) is 0.417. The van der Waals surface area contributed by atoms with Crippen molar-refractivity contribution in [3.8, 4) is 5.69 Å². The van der Waals surface area contributed by atoms with E-state index in [9.17, 15) is 9.59 Å². The fourth-order valence-electron chi connectivity index (χ4n) is 4.29. The van der Waals surface area contributed by atoms with Crippen LogP contribution in [0.3, 0.4) is 0 Å². The Balaban J connectivity index is 1.60. The SMILES string of the molecule is CCCCCOC(=O)CSc1nnc2n(-c3ccccc3)c(=O)c3c4c(sc3n12)CN(C)CC4. The summed E-state index contributed by atoms with van der Waals surface area (Å²) in [5, 5.41) is 10.1. The predicted octanol–water partition coefficient (Wildman–Crippen LogP) is 3.91. The second-order valence-corrected chi connectivity index (χ2v) is 10.5. The Bertz CT molecular complexity index is 1390. The summed E-state index contributed by atoms with van der Waals surface area (Å²) < 4.78 is 8.92. The number of thioether (sulfide) groups is 1. The van der Waals surface area contributed by atoms with Gasteiger partial charge in [-0.3, -0.25) is 9.59 Å². The lowest BCUT2D eigenvalue weighted by Gasteiger charge is -2.21. The smallest absolute Gasteiger partial charge is 0.316 e. The van der Waals surface area contributed by atoms with E-state index in [4.69, 9.17) is 4.74 Å². The van der Waals surface area contributed by atoms with Crippen molar-refractivity contribution in [2.45, 2.75) is 44.3 Å².